The van der Waals surface area contributed by atoms with Gasteiger partial charge in [0.1, 0.15) is 18.2 Å². The third-order valence-electron chi connectivity index (χ3n) is 4.42. The van der Waals surface area contributed by atoms with E-state index in [1.165, 1.54) is 25.3 Å². The lowest BCUT2D eigenvalue weighted by molar-refractivity contribution is 0.269. The van der Waals surface area contributed by atoms with Crippen LogP contribution in [0.15, 0.2) is 72.3 Å². The Balaban J connectivity index is 1.86. The molecule has 2 nitrogen and oxygen atoms in total. The van der Waals surface area contributed by atoms with E-state index >= 15 is 0 Å². The minimum Gasteiger partial charge on any atom is -0.494 e. The van der Waals surface area contributed by atoms with E-state index in [0.717, 1.165) is 16.9 Å². The molecule has 2 aromatic rings. The number of allylic oxidation sites excluding steroid dienone is 3. The van der Waals surface area contributed by atoms with Crippen LogP contribution in [-0.2, 0) is 16.8 Å². The summed E-state index contributed by atoms with van der Waals surface area (Å²) in [4.78, 5) is 0. The van der Waals surface area contributed by atoms with Crippen molar-refractivity contribution in [3.05, 3.63) is 89.2 Å². The van der Waals surface area contributed by atoms with Crippen LogP contribution in [0, 0.1) is 5.82 Å². The topological polar surface area (TPSA) is 18.5 Å². The van der Waals surface area contributed by atoms with Crippen molar-refractivity contribution in [1.82, 2.24) is 0 Å². The van der Waals surface area contributed by atoms with Crippen LogP contribution in [0.1, 0.15) is 24.5 Å². The lowest BCUT2D eigenvalue weighted by atomic mass is 9.76. The van der Waals surface area contributed by atoms with E-state index < -0.39 is 5.41 Å². The molecule has 1 unspecified atom stereocenters. The van der Waals surface area contributed by atoms with E-state index in [9.17, 15) is 8.78 Å². The molecule has 0 bridgehead atoms. The van der Waals surface area contributed by atoms with Gasteiger partial charge in [-0.2, -0.15) is 0 Å². The van der Waals surface area contributed by atoms with Crippen LogP contribution >= 0.6 is 0 Å². The summed E-state index contributed by atoms with van der Waals surface area (Å²) in [6, 6.07) is 13.9. The maximum Gasteiger partial charge on any atom is 0.160 e. The molecule has 0 radical (unpaired) electrons. The van der Waals surface area contributed by atoms with Gasteiger partial charge in [-0.05, 0) is 42.3 Å². The van der Waals surface area contributed by atoms with Gasteiger partial charge in [0.15, 0.2) is 11.6 Å². The summed E-state index contributed by atoms with van der Waals surface area (Å²) in [5, 5.41) is 0. The Bertz CT molecular complexity index is 809. The Morgan fingerprint density at radius 2 is 1.76 bits per heavy atom. The molecular formula is C21H20F2O2. The zero-order valence-electron chi connectivity index (χ0n) is 14.3. The van der Waals surface area contributed by atoms with Crippen molar-refractivity contribution < 1.29 is 18.3 Å². The Morgan fingerprint density at radius 1 is 1.04 bits per heavy atom. The molecule has 130 valence electrons. The van der Waals surface area contributed by atoms with E-state index in [1.54, 1.807) is 18.2 Å². The number of rotatable bonds is 5. The average Bonchev–Trinajstić information content (AvgIpc) is 2.63. The average molecular weight is 342 g/mol. The molecule has 0 heterocycles. The van der Waals surface area contributed by atoms with Gasteiger partial charge >= 0.3 is 0 Å². The third-order valence-corrected chi connectivity index (χ3v) is 4.42. The summed E-state index contributed by atoms with van der Waals surface area (Å²) in [6.07, 6.45) is 3.85. The molecule has 1 atom stereocenters. The number of benzene rings is 2. The summed E-state index contributed by atoms with van der Waals surface area (Å²) in [7, 11) is 1.46. The second-order valence-corrected chi connectivity index (χ2v) is 6.30. The maximum atomic E-state index is 13.8. The van der Waals surface area contributed by atoms with Crippen LogP contribution in [-0.4, -0.2) is 7.11 Å². The minimum atomic E-state index is -0.430. The van der Waals surface area contributed by atoms with Crippen molar-refractivity contribution >= 4 is 0 Å². The van der Waals surface area contributed by atoms with Gasteiger partial charge in [-0.3, -0.25) is 0 Å². The molecule has 0 N–H and O–H groups in total. The fourth-order valence-electron chi connectivity index (χ4n) is 2.97. The van der Waals surface area contributed by atoms with E-state index in [0.29, 0.717) is 13.0 Å². The van der Waals surface area contributed by atoms with Crippen LogP contribution in [0.4, 0.5) is 8.78 Å². The molecule has 1 aliphatic rings. The van der Waals surface area contributed by atoms with Gasteiger partial charge in [0.05, 0.1) is 7.11 Å². The highest BCUT2D eigenvalue weighted by atomic mass is 19.1. The smallest absolute Gasteiger partial charge is 0.160 e. The predicted molar refractivity (Wildman–Crippen MR) is 93.4 cm³/mol. The number of methoxy groups -OCH3 is 1. The molecule has 25 heavy (non-hydrogen) atoms. The fourth-order valence-corrected chi connectivity index (χ4v) is 2.97. The Labute approximate surface area is 146 Å². The van der Waals surface area contributed by atoms with Crippen LogP contribution in [0.25, 0.3) is 0 Å². The highest BCUT2D eigenvalue weighted by Crippen LogP contribution is 2.41. The first-order valence-electron chi connectivity index (χ1n) is 8.11. The Hall–Kier alpha value is -2.62. The molecule has 1 aliphatic carbocycles. The molecule has 2 aromatic carbocycles. The Morgan fingerprint density at radius 3 is 2.48 bits per heavy atom. The second kappa shape index (κ2) is 7.09. The Kier molecular flexibility index (Phi) is 4.88. The molecule has 0 saturated carbocycles. The summed E-state index contributed by atoms with van der Waals surface area (Å²) in [6.45, 7) is 2.35. The van der Waals surface area contributed by atoms with E-state index in [4.69, 9.17) is 9.47 Å². The van der Waals surface area contributed by atoms with Crippen molar-refractivity contribution in [2.75, 3.05) is 7.11 Å². The maximum absolute atomic E-state index is 13.8. The number of hydrogen-bond acceptors (Lipinski definition) is 2. The van der Waals surface area contributed by atoms with Crippen molar-refractivity contribution in [2.24, 2.45) is 0 Å². The molecule has 0 spiro atoms. The largest absolute Gasteiger partial charge is 0.494 e. The fraction of sp³-hybridized carbons (Fsp3) is 0.238. The minimum absolute atomic E-state index is 0.238. The number of para-hydroxylation sites is 1. The van der Waals surface area contributed by atoms with E-state index in [2.05, 4.69) is 0 Å². The van der Waals surface area contributed by atoms with Gasteiger partial charge < -0.3 is 9.47 Å². The normalized spacial score (nSPS) is 19.8. The zero-order chi connectivity index (χ0) is 17.9. The first kappa shape index (κ1) is 17.2. The van der Waals surface area contributed by atoms with Crippen LogP contribution in [0.3, 0.4) is 0 Å². The quantitative estimate of drug-likeness (QED) is 0.719. The first-order valence-corrected chi connectivity index (χ1v) is 8.11. The third kappa shape index (κ3) is 3.73. The molecule has 0 aromatic heterocycles. The second-order valence-electron chi connectivity index (χ2n) is 6.30. The van der Waals surface area contributed by atoms with Crippen LogP contribution < -0.4 is 4.74 Å². The molecule has 0 saturated heterocycles. The predicted octanol–water partition coefficient (Wildman–Crippen LogP) is 5.45. The summed E-state index contributed by atoms with van der Waals surface area (Å²) in [5.41, 5.74) is 1.40. The van der Waals surface area contributed by atoms with Gasteiger partial charge in [0.2, 0.25) is 0 Å². The molecule has 3 rings (SSSR count). The van der Waals surface area contributed by atoms with Gasteiger partial charge in [-0.25, -0.2) is 8.78 Å². The van der Waals surface area contributed by atoms with E-state index in [-0.39, 0.29) is 17.4 Å². The van der Waals surface area contributed by atoms with Crippen molar-refractivity contribution in [3.63, 3.8) is 0 Å². The summed E-state index contributed by atoms with van der Waals surface area (Å²) >= 11 is 0. The molecule has 0 fully saturated rings. The van der Waals surface area contributed by atoms with Crippen molar-refractivity contribution in [3.8, 4) is 5.75 Å². The summed E-state index contributed by atoms with van der Waals surface area (Å²) < 4.78 is 37.9. The molecule has 0 amide bonds. The van der Waals surface area contributed by atoms with Crippen LogP contribution in [0.5, 0.6) is 5.75 Å². The SMILES string of the molecule is COC1=CC(C)(c2ccccc2OCc2ccc(F)cc2)CC=C1F. The molecule has 0 aliphatic heterocycles. The van der Waals surface area contributed by atoms with Crippen LogP contribution in [0.2, 0.25) is 0 Å². The lowest BCUT2D eigenvalue weighted by Crippen LogP contribution is -2.23. The highest BCUT2D eigenvalue weighted by molar-refractivity contribution is 5.46. The highest BCUT2D eigenvalue weighted by Gasteiger charge is 2.31. The number of ether oxygens (including phenoxy) is 2. The number of halogens is 2. The zero-order valence-corrected chi connectivity index (χ0v) is 14.3. The van der Waals surface area contributed by atoms with Gasteiger partial charge in [0, 0.05) is 11.0 Å². The lowest BCUT2D eigenvalue weighted by Gasteiger charge is -2.30. The molecule has 4 heteroatoms. The van der Waals surface area contributed by atoms with Crippen molar-refractivity contribution in [2.45, 2.75) is 25.4 Å². The standard InChI is InChI=1S/C21H20F2O2/c1-21(12-11-18(23)20(13-21)24-2)17-5-3-4-6-19(17)25-14-15-7-9-16(22)10-8-15/h3-11,13H,12,14H2,1-2H3. The van der Waals surface area contributed by atoms with Gasteiger partial charge in [-0.15, -0.1) is 0 Å². The monoisotopic (exact) mass is 342 g/mol. The first-order chi connectivity index (χ1) is 12.0. The van der Waals surface area contributed by atoms with Crippen molar-refractivity contribution in [1.29, 1.82) is 0 Å². The van der Waals surface area contributed by atoms with E-state index in [1.807, 2.05) is 31.2 Å². The molecular weight excluding hydrogens is 322 g/mol. The van der Waals surface area contributed by atoms with Gasteiger partial charge in [0.25, 0.3) is 0 Å². The van der Waals surface area contributed by atoms with Gasteiger partial charge in [-0.1, -0.05) is 37.3 Å². The summed E-state index contributed by atoms with van der Waals surface area (Å²) in [5.74, 6) is 0.341. The number of hydrogen-bond donors (Lipinski definition) is 0.